The molecule has 0 N–H and O–H groups in total. The molecule has 0 rings (SSSR count). The lowest BCUT2D eigenvalue weighted by Gasteiger charge is -2.03. The van der Waals surface area contributed by atoms with Crippen LogP contribution in [0.4, 0.5) is 0 Å². The van der Waals surface area contributed by atoms with Gasteiger partial charge in [0.2, 0.25) is 0 Å². The van der Waals surface area contributed by atoms with E-state index in [2.05, 4.69) is 13.1 Å². The fourth-order valence-electron chi connectivity index (χ4n) is 0.739. The van der Waals surface area contributed by atoms with Crippen LogP contribution in [0, 0.1) is 0 Å². The molecule has 0 radical (unpaired) electrons. The van der Waals surface area contributed by atoms with Gasteiger partial charge in [0.05, 0.1) is 6.61 Å². The molecule has 0 aromatic rings. The minimum Gasteiger partial charge on any atom is -0.465 e. The molecule has 0 aliphatic carbocycles. The van der Waals surface area contributed by atoms with E-state index in [1.165, 1.54) is 0 Å². The van der Waals surface area contributed by atoms with Gasteiger partial charge in [-0.15, -0.1) is 0 Å². The molecular formula is C8H18O3Si2. The minimum atomic E-state index is -0.305. The molecule has 3 nitrogen and oxygen atoms in total. The fraction of sp³-hybridized carbons (Fsp3) is 0.625. The predicted octanol–water partition coefficient (Wildman–Crippen LogP) is 0.146. The highest BCUT2D eigenvalue weighted by atomic mass is 28.3. The molecule has 0 aliphatic rings. The van der Waals surface area contributed by atoms with E-state index in [0.29, 0.717) is 12.2 Å². The first-order valence-electron chi connectivity index (χ1n) is 4.58. The number of ether oxygens (including phenoxy) is 1. The van der Waals surface area contributed by atoms with Crippen LogP contribution in [0.25, 0.3) is 0 Å². The summed E-state index contributed by atoms with van der Waals surface area (Å²) in [4.78, 5) is 10.9. The van der Waals surface area contributed by atoms with Crippen molar-refractivity contribution in [3.8, 4) is 0 Å². The topological polar surface area (TPSA) is 35.5 Å². The summed E-state index contributed by atoms with van der Waals surface area (Å²) in [5.74, 6) is -0.285. The second-order valence-corrected chi connectivity index (χ2v) is 6.15. The molecule has 0 heterocycles. The molecule has 0 fully saturated rings. The SMILES string of the molecule is C=C(C)C(=O)OCCC[SiH2]O[SiH2]C. The van der Waals surface area contributed by atoms with Gasteiger partial charge in [-0.25, -0.2) is 4.79 Å². The van der Waals surface area contributed by atoms with Crippen LogP contribution in [0.15, 0.2) is 12.2 Å². The summed E-state index contributed by atoms with van der Waals surface area (Å²) in [5.41, 5.74) is 0.467. The van der Waals surface area contributed by atoms with Gasteiger partial charge in [0.25, 0.3) is 0 Å². The zero-order valence-corrected chi connectivity index (χ0v) is 11.3. The van der Waals surface area contributed by atoms with Crippen LogP contribution < -0.4 is 0 Å². The number of carbonyl (C=O) groups is 1. The summed E-state index contributed by atoms with van der Waals surface area (Å²) in [6.07, 6.45) is 0.930. The van der Waals surface area contributed by atoms with Crippen LogP contribution in [-0.2, 0) is 13.6 Å². The van der Waals surface area contributed by atoms with E-state index in [4.69, 9.17) is 8.85 Å². The first kappa shape index (κ1) is 12.6. The molecule has 0 bridgehead atoms. The van der Waals surface area contributed by atoms with Gasteiger partial charge < -0.3 is 8.85 Å². The quantitative estimate of drug-likeness (QED) is 0.264. The summed E-state index contributed by atoms with van der Waals surface area (Å²) in [5, 5.41) is 0. The molecule has 0 unspecified atom stereocenters. The molecule has 0 aromatic heterocycles. The van der Waals surface area contributed by atoms with E-state index in [1.54, 1.807) is 6.92 Å². The van der Waals surface area contributed by atoms with Gasteiger partial charge in [0, 0.05) is 5.57 Å². The number of hydrogen-bond acceptors (Lipinski definition) is 3. The maximum absolute atomic E-state index is 10.9. The summed E-state index contributed by atoms with van der Waals surface area (Å²) in [6, 6.07) is 1.10. The predicted molar refractivity (Wildman–Crippen MR) is 59.2 cm³/mol. The zero-order chi connectivity index (χ0) is 10.1. The molecule has 0 amide bonds. The Morgan fingerprint density at radius 3 is 2.77 bits per heavy atom. The molecule has 5 heteroatoms. The van der Waals surface area contributed by atoms with Crippen molar-refractivity contribution >= 4 is 25.5 Å². The highest BCUT2D eigenvalue weighted by Crippen LogP contribution is 1.95. The standard InChI is InChI=1S/C8H18O3Si2/c1-7(2)8(9)10-5-4-6-13-11-12-3/h1,4-6,12-13H2,2-3H3. The average molecular weight is 218 g/mol. The fourth-order valence-corrected chi connectivity index (χ4v) is 3.12. The third kappa shape index (κ3) is 7.95. The summed E-state index contributed by atoms with van der Waals surface area (Å²) in [7, 11) is -0.514. The third-order valence-electron chi connectivity index (χ3n) is 1.47. The molecule has 76 valence electrons. The minimum absolute atomic E-state index is 0.209. The second-order valence-electron chi connectivity index (χ2n) is 2.82. The van der Waals surface area contributed by atoms with Crippen molar-refractivity contribution in [1.82, 2.24) is 0 Å². The number of esters is 1. The molecule has 0 saturated carbocycles. The van der Waals surface area contributed by atoms with Crippen molar-refractivity contribution in [1.29, 1.82) is 0 Å². The van der Waals surface area contributed by atoms with Crippen molar-refractivity contribution in [2.45, 2.75) is 25.9 Å². The van der Waals surface area contributed by atoms with E-state index in [0.717, 1.165) is 12.5 Å². The molecular weight excluding hydrogens is 200 g/mol. The smallest absolute Gasteiger partial charge is 0.333 e. The molecule has 0 saturated heterocycles. The first-order chi connectivity index (χ1) is 6.18. The van der Waals surface area contributed by atoms with Crippen molar-refractivity contribution in [3.63, 3.8) is 0 Å². The van der Waals surface area contributed by atoms with Crippen molar-refractivity contribution in [3.05, 3.63) is 12.2 Å². The average Bonchev–Trinajstić information content (AvgIpc) is 2.10. The summed E-state index contributed by atoms with van der Waals surface area (Å²) >= 11 is 0. The summed E-state index contributed by atoms with van der Waals surface area (Å²) in [6.45, 7) is 7.79. The van der Waals surface area contributed by atoms with Crippen molar-refractivity contribution < 1.29 is 13.6 Å². The van der Waals surface area contributed by atoms with Gasteiger partial charge in [-0.1, -0.05) is 13.1 Å². The first-order valence-corrected chi connectivity index (χ1v) is 8.15. The van der Waals surface area contributed by atoms with E-state index in [1.807, 2.05) is 0 Å². The zero-order valence-electron chi connectivity index (χ0n) is 8.47. The Labute approximate surface area is 84.4 Å². The number of rotatable bonds is 7. The van der Waals surface area contributed by atoms with E-state index < -0.39 is 0 Å². The Hall–Kier alpha value is -0.396. The second kappa shape index (κ2) is 8.21. The Morgan fingerprint density at radius 1 is 1.54 bits per heavy atom. The lowest BCUT2D eigenvalue weighted by atomic mass is 10.4. The maximum atomic E-state index is 10.9. The van der Waals surface area contributed by atoms with Crippen LogP contribution in [0.5, 0.6) is 0 Å². The van der Waals surface area contributed by atoms with Crippen LogP contribution in [0.3, 0.4) is 0 Å². The third-order valence-corrected chi connectivity index (χ3v) is 5.05. The Balaban J connectivity index is 3.16. The highest BCUT2D eigenvalue weighted by Gasteiger charge is 2.01. The van der Waals surface area contributed by atoms with Crippen LogP contribution in [-0.4, -0.2) is 32.1 Å². The molecule has 0 atom stereocenters. The van der Waals surface area contributed by atoms with Gasteiger partial charge in [-0.05, 0) is 19.4 Å². The lowest BCUT2D eigenvalue weighted by molar-refractivity contribution is -0.138. The highest BCUT2D eigenvalue weighted by molar-refractivity contribution is 6.41. The monoisotopic (exact) mass is 218 g/mol. The Bertz CT molecular complexity index is 171. The Kier molecular flexibility index (Phi) is 7.96. The van der Waals surface area contributed by atoms with Crippen molar-refractivity contribution in [2.24, 2.45) is 0 Å². The van der Waals surface area contributed by atoms with E-state index in [-0.39, 0.29) is 25.5 Å². The maximum Gasteiger partial charge on any atom is 0.333 e. The molecule has 13 heavy (non-hydrogen) atoms. The van der Waals surface area contributed by atoms with Gasteiger partial charge in [-0.3, -0.25) is 0 Å². The molecule has 0 spiro atoms. The van der Waals surface area contributed by atoms with E-state index in [9.17, 15) is 4.79 Å². The lowest BCUT2D eigenvalue weighted by Crippen LogP contribution is -2.07. The van der Waals surface area contributed by atoms with Gasteiger partial charge in [0.1, 0.15) is 19.5 Å². The number of carbonyl (C=O) groups excluding carboxylic acids is 1. The van der Waals surface area contributed by atoms with E-state index >= 15 is 0 Å². The Morgan fingerprint density at radius 2 is 2.23 bits per heavy atom. The van der Waals surface area contributed by atoms with Crippen molar-refractivity contribution in [2.75, 3.05) is 6.61 Å². The van der Waals surface area contributed by atoms with Gasteiger partial charge in [0.15, 0.2) is 0 Å². The van der Waals surface area contributed by atoms with Crippen LogP contribution in [0.2, 0.25) is 12.6 Å². The molecule has 0 aliphatic heterocycles. The largest absolute Gasteiger partial charge is 0.465 e. The van der Waals surface area contributed by atoms with Crippen LogP contribution >= 0.6 is 0 Å². The summed E-state index contributed by atoms with van der Waals surface area (Å²) < 4.78 is 10.3. The normalized spacial score (nSPS) is 11.5. The van der Waals surface area contributed by atoms with Gasteiger partial charge in [-0.2, -0.15) is 0 Å². The van der Waals surface area contributed by atoms with Crippen LogP contribution in [0.1, 0.15) is 13.3 Å². The van der Waals surface area contributed by atoms with Gasteiger partial charge >= 0.3 is 5.97 Å². The number of hydrogen-bond donors (Lipinski definition) is 0. The molecule has 0 aromatic carbocycles.